The Labute approximate surface area is 193 Å². The summed E-state index contributed by atoms with van der Waals surface area (Å²) in [6.45, 7) is 4.78. The Bertz CT molecular complexity index is 1010. The quantitative estimate of drug-likeness (QED) is 0.636. The number of rotatable bonds is 8. The maximum absolute atomic E-state index is 12.4. The van der Waals surface area contributed by atoms with Crippen LogP contribution in [-0.4, -0.2) is 54.2 Å². The van der Waals surface area contributed by atoms with Crippen LogP contribution in [0.4, 0.5) is 4.79 Å². The van der Waals surface area contributed by atoms with Crippen molar-refractivity contribution in [3.05, 3.63) is 59.7 Å². The fourth-order valence-electron chi connectivity index (χ4n) is 4.78. The number of benzene rings is 2. The maximum Gasteiger partial charge on any atom is 0.407 e. The van der Waals surface area contributed by atoms with Crippen molar-refractivity contribution in [1.29, 1.82) is 0 Å². The van der Waals surface area contributed by atoms with E-state index < -0.39 is 17.5 Å². The van der Waals surface area contributed by atoms with Gasteiger partial charge in [-0.15, -0.1) is 0 Å². The largest absolute Gasteiger partial charge is 0.481 e. The molecule has 2 aromatic carbocycles. The minimum absolute atomic E-state index is 0.00151. The number of carboxylic acid groups (broad SMARTS) is 1. The van der Waals surface area contributed by atoms with E-state index in [-0.39, 0.29) is 43.9 Å². The lowest BCUT2D eigenvalue weighted by atomic mass is 9.77. The normalized spacial score (nSPS) is 16.8. The summed E-state index contributed by atoms with van der Waals surface area (Å²) in [6, 6.07) is 16.3. The molecule has 0 saturated carbocycles. The highest BCUT2D eigenvalue weighted by Gasteiger charge is 2.49. The first kappa shape index (κ1) is 22.8. The van der Waals surface area contributed by atoms with Crippen molar-refractivity contribution in [3.63, 3.8) is 0 Å². The standard InChI is InChI=1S/C26H30N2O5/c1-3-26(24(30)31)15-28(16-26)23(29)12-17(2)13-27-25(32)33-14-22-20-10-6-4-8-18(20)19-9-5-7-11-21(19)22/h4-11,17,22H,3,12-16H2,1-2H3,(H,27,32)(H,30,31). The molecule has 33 heavy (non-hydrogen) atoms. The van der Waals surface area contributed by atoms with Crippen LogP contribution < -0.4 is 5.32 Å². The summed E-state index contributed by atoms with van der Waals surface area (Å²) in [6.07, 6.45) is 0.254. The second kappa shape index (κ2) is 9.25. The predicted molar refractivity (Wildman–Crippen MR) is 124 cm³/mol. The lowest BCUT2D eigenvalue weighted by Crippen LogP contribution is -2.62. The van der Waals surface area contributed by atoms with Gasteiger partial charge < -0.3 is 20.1 Å². The van der Waals surface area contributed by atoms with E-state index in [2.05, 4.69) is 29.6 Å². The van der Waals surface area contributed by atoms with Crippen LogP contribution in [-0.2, 0) is 14.3 Å². The first-order valence-corrected chi connectivity index (χ1v) is 11.4. The second-order valence-electron chi connectivity index (χ2n) is 9.20. The van der Waals surface area contributed by atoms with Crippen LogP contribution >= 0.6 is 0 Å². The molecule has 0 aromatic heterocycles. The fraction of sp³-hybridized carbons (Fsp3) is 0.423. The Balaban J connectivity index is 1.24. The number of carboxylic acids is 1. The zero-order valence-electron chi connectivity index (χ0n) is 19.0. The van der Waals surface area contributed by atoms with E-state index >= 15 is 0 Å². The third-order valence-electron chi connectivity index (χ3n) is 6.93. The topological polar surface area (TPSA) is 95.9 Å². The number of ether oxygens (including phenoxy) is 1. The van der Waals surface area contributed by atoms with Crippen LogP contribution in [0.25, 0.3) is 11.1 Å². The molecule has 0 bridgehead atoms. The van der Waals surface area contributed by atoms with Gasteiger partial charge in [-0.25, -0.2) is 4.79 Å². The van der Waals surface area contributed by atoms with Crippen molar-refractivity contribution in [3.8, 4) is 11.1 Å². The Hall–Kier alpha value is -3.35. The van der Waals surface area contributed by atoms with Gasteiger partial charge in [0, 0.05) is 32.0 Å². The molecule has 2 N–H and O–H groups in total. The molecule has 1 heterocycles. The molecule has 2 aliphatic rings. The van der Waals surface area contributed by atoms with Crippen LogP contribution in [0.15, 0.2) is 48.5 Å². The number of aliphatic carboxylic acids is 1. The zero-order valence-corrected chi connectivity index (χ0v) is 19.0. The molecule has 1 unspecified atom stereocenters. The molecule has 7 heteroatoms. The smallest absolute Gasteiger partial charge is 0.407 e. The van der Waals surface area contributed by atoms with Crippen LogP contribution in [0.2, 0.25) is 0 Å². The van der Waals surface area contributed by atoms with E-state index in [0.29, 0.717) is 13.0 Å². The molecule has 1 aliphatic heterocycles. The third-order valence-corrected chi connectivity index (χ3v) is 6.93. The van der Waals surface area contributed by atoms with Gasteiger partial charge in [-0.2, -0.15) is 0 Å². The number of alkyl carbamates (subject to hydrolysis) is 1. The molecule has 174 valence electrons. The van der Waals surface area contributed by atoms with Crippen molar-refractivity contribution in [2.24, 2.45) is 11.3 Å². The molecule has 1 saturated heterocycles. The van der Waals surface area contributed by atoms with Gasteiger partial charge in [0.05, 0.1) is 0 Å². The van der Waals surface area contributed by atoms with Crippen molar-refractivity contribution in [2.75, 3.05) is 26.2 Å². The molecule has 4 rings (SSSR count). The first-order chi connectivity index (χ1) is 15.8. The summed E-state index contributed by atoms with van der Waals surface area (Å²) in [5, 5.41) is 12.1. The van der Waals surface area contributed by atoms with Crippen molar-refractivity contribution < 1.29 is 24.2 Å². The molecule has 1 aliphatic carbocycles. The zero-order chi connectivity index (χ0) is 23.6. The monoisotopic (exact) mass is 450 g/mol. The second-order valence-corrected chi connectivity index (χ2v) is 9.20. The Morgan fingerprint density at radius 1 is 1.09 bits per heavy atom. The van der Waals surface area contributed by atoms with E-state index in [1.807, 2.05) is 38.1 Å². The number of likely N-dealkylation sites (tertiary alicyclic amines) is 1. The Kier molecular flexibility index (Phi) is 6.40. The maximum atomic E-state index is 12.4. The number of hydrogen-bond acceptors (Lipinski definition) is 4. The number of hydrogen-bond donors (Lipinski definition) is 2. The van der Waals surface area contributed by atoms with Gasteiger partial charge in [0.2, 0.25) is 5.91 Å². The molecule has 1 fully saturated rings. The van der Waals surface area contributed by atoms with E-state index in [4.69, 9.17) is 4.74 Å². The van der Waals surface area contributed by atoms with Gasteiger partial charge in [0.15, 0.2) is 0 Å². The molecule has 2 aromatic rings. The van der Waals surface area contributed by atoms with E-state index in [1.54, 1.807) is 4.90 Å². The third kappa shape index (κ3) is 4.45. The number of amides is 2. The van der Waals surface area contributed by atoms with Gasteiger partial charge >= 0.3 is 12.1 Å². The van der Waals surface area contributed by atoms with Gasteiger partial charge in [-0.05, 0) is 34.6 Å². The predicted octanol–water partition coefficient (Wildman–Crippen LogP) is 3.87. The lowest BCUT2D eigenvalue weighted by molar-refractivity contribution is -0.166. The molecular formula is C26H30N2O5. The van der Waals surface area contributed by atoms with Crippen LogP contribution in [0.1, 0.15) is 43.7 Å². The SMILES string of the molecule is CCC1(C(=O)O)CN(C(=O)CC(C)CNC(=O)OCC2c3ccccc3-c3ccccc32)C1. The minimum Gasteiger partial charge on any atom is -0.481 e. The highest BCUT2D eigenvalue weighted by Crippen LogP contribution is 2.44. The Morgan fingerprint density at radius 2 is 1.67 bits per heavy atom. The number of nitrogens with one attached hydrogen (secondary N) is 1. The van der Waals surface area contributed by atoms with Crippen LogP contribution in [0.3, 0.4) is 0 Å². The van der Waals surface area contributed by atoms with E-state index in [0.717, 1.165) is 11.1 Å². The molecule has 1 atom stereocenters. The summed E-state index contributed by atoms with van der Waals surface area (Å²) in [4.78, 5) is 37.7. The number of fused-ring (bicyclic) bond motifs is 3. The summed E-state index contributed by atoms with van der Waals surface area (Å²) in [5.41, 5.74) is 3.86. The molecule has 7 nitrogen and oxygen atoms in total. The molecule has 0 radical (unpaired) electrons. The summed E-state index contributed by atoms with van der Waals surface area (Å²) in [5.74, 6) is -1.01. The van der Waals surface area contributed by atoms with Gasteiger partial charge in [0.25, 0.3) is 0 Å². The highest BCUT2D eigenvalue weighted by molar-refractivity contribution is 5.83. The highest BCUT2D eigenvalue weighted by atomic mass is 16.5. The summed E-state index contributed by atoms with van der Waals surface area (Å²) < 4.78 is 5.53. The minimum atomic E-state index is -0.848. The summed E-state index contributed by atoms with van der Waals surface area (Å²) >= 11 is 0. The van der Waals surface area contributed by atoms with Gasteiger partial charge in [-0.1, -0.05) is 62.4 Å². The molecule has 0 spiro atoms. The molecule has 2 amide bonds. The van der Waals surface area contributed by atoms with Gasteiger partial charge in [0.1, 0.15) is 12.0 Å². The lowest BCUT2D eigenvalue weighted by Gasteiger charge is -2.47. The Morgan fingerprint density at radius 3 is 2.21 bits per heavy atom. The number of carbonyl (C=O) groups is 3. The van der Waals surface area contributed by atoms with E-state index in [9.17, 15) is 19.5 Å². The van der Waals surface area contributed by atoms with E-state index in [1.165, 1.54) is 11.1 Å². The number of carbonyl (C=O) groups excluding carboxylic acids is 2. The van der Waals surface area contributed by atoms with Crippen molar-refractivity contribution in [2.45, 2.75) is 32.6 Å². The van der Waals surface area contributed by atoms with Gasteiger partial charge in [-0.3, -0.25) is 9.59 Å². The van der Waals surface area contributed by atoms with Crippen molar-refractivity contribution >= 4 is 18.0 Å². The fourth-order valence-corrected chi connectivity index (χ4v) is 4.78. The number of nitrogens with zero attached hydrogens (tertiary/aromatic N) is 1. The average Bonchev–Trinajstić information content (AvgIpc) is 3.09. The summed E-state index contributed by atoms with van der Waals surface area (Å²) in [7, 11) is 0. The van der Waals surface area contributed by atoms with Crippen LogP contribution in [0, 0.1) is 11.3 Å². The van der Waals surface area contributed by atoms with Crippen LogP contribution in [0.5, 0.6) is 0 Å². The van der Waals surface area contributed by atoms with Crippen molar-refractivity contribution in [1.82, 2.24) is 10.2 Å². The molecular weight excluding hydrogens is 420 g/mol. The first-order valence-electron chi connectivity index (χ1n) is 11.4. The average molecular weight is 451 g/mol.